The molecule has 130 valence electrons. The summed E-state index contributed by atoms with van der Waals surface area (Å²) < 4.78 is 27.4. The van der Waals surface area contributed by atoms with Crippen LogP contribution in [0.1, 0.15) is 42.7 Å². The Hall–Kier alpha value is -1.09. The number of hydrogen-bond donors (Lipinski definition) is 3. The van der Waals surface area contributed by atoms with Gasteiger partial charge in [-0.2, -0.15) is 0 Å². The standard InChI is InChI=1S/C14H21N3O4S.ClH/c15-10-6-8-2-1-3-9(7-10)13(8)17-14(18)11-4-5-12(21-11)22(16,19)20;/h4-5,8-10,13H,1-3,6-7,15H2,(H,17,18)(H2,16,19,20);1H. The van der Waals surface area contributed by atoms with E-state index in [4.69, 9.17) is 15.3 Å². The average molecular weight is 364 g/mol. The van der Waals surface area contributed by atoms with Gasteiger partial charge in [0.2, 0.25) is 5.09 Å². The fourth-order valence-electron chi connectivity index (χ4n) is 3.84. The minimum atomic E-state index is -3.93. The molecule has 1 amide bonds. The van der Waals surface area contributed by atoms with Crippen LogP contribution in [0.15, 0.2) is 21.6 Å². The van der Waals surface area contributed by atoms with Crippen LogP contribution in [0.25, 0.3) is 0 Å². The fourth-order valence-corrected chi connectivity index (χ4v) is 4.31. The number of sulfonamides is 1. The number of halogens is 1. The molecule has 0 aromatic carbocycles. The zero-order valence-corrected chi connectivity index (χ0v) is 14.2. The number of nitrogens with one attached hydrogen (secondary N) is 1. The van der Waals surface area contributed by atoms with E-state index in [1.54, 1.807) is 0 Å². The van der Waals surface area contributed by atoms with Crippen LogP contribution in [0.5, 0.6) is 0 Å². The third-order valence-corrected chi connectivity index (χ3v) is 5.54. The Morgan fingerprint density at radius 1 is 1.22 bits per heavy atom. The van der Waals surface area contributed by atoms with Gasteiger partial charge in [0.1, 0.15) is 0 Å². The predicted molar refractivity (Wildman–Crippen MR) is 86.6 cm³/mol. The molecule has 2 atom stereocenters. The second-order valence-corrected chi connectivity index (χ2v) is 7.84. The minimum Gasteiger partial charge on any atom is -0.438 e. The molecule has 2 bridgehead atoms. The quantitative estimate of drug-likeness (QED) is 0.737. The van der Waals surface area contributed by atoms with E-state index in [-0.39, 0.29) is 30.3 Å². The molecule has 2 aliphatic carbocycles. The fraction of sp³-hybridized carbons (Fsp3) is 0.643. The van der Waals surface area contributed by atoms with E-state index in [1.165, 1.54) is 18.6 Å². The summed E-state index contributed by atoms with van der Waals surface area (Å²) in [6, 6.07) is 2.83. The van der Waals surface area contributed by atoms with E-state index in [9.17, 15) is 13.2 Å². The van der Waals surface area contributed by atoms with Gasteiger partial charge >= 0.3 is 0 Å². The molecule has 1 heterocycles. The number of carbonyl (C=O) groups excluding carboxylic acids is 1. The largest absolute Gasteiger partial charge is 0.438 e. The van der Waals surface area contributed by atoms with Gasteiger partial charge < -0.3 is 15.5 Å². The third kappa shape index (κ3) is 3.88. The number of furan rings is 1. The SMILES string of the molecule is Cl.NC1CC2CCCC(C1)C2NC(=O)c1ccc(S(N)(=O)=O)o1. The van der Waals surface area contributed by atoms with Gasteiger partial charge in [-0.3, -0.25) is 4.79 Å². The van der Waals surface area contributed by atoms with Crippen LogP contribution in [0.3, 0.4) is 0 Å². The number of carbonyl (C=O) groups is 1. The molecule has 2 unspecified atom stereocenters. The van der Waals surface area contributed by atoms with E-state index in [2.05, 4.69) is 5.32 Å². The summed E-state index contributed by atoms with van der Waals surface area (Å²) in [7, 11) is -3.93. The van der Waals surface area contributed by atoms with Crippen molar-refractivity contribution < 1.29 is 17.6 Å². The average Bonchev–Trinajstić information content (AvgIpc) is 2.89. The lowest BCUT2D eigenvalue weighted by Gasteiger charge is -2.45. The smallest absolute Gasteiger partial charge is 0.287 e. The molecule has 5 N–H and O–H groups in total. The molecular formula is C14H22ClN3O4S. The van der Waals surface area contributed by atoms with E-state index in [0.29, 0.717) is 11.8 Å². The van der Waals surface area contributed by atoms with Crippen molar-refractivity contribution in [2.24, 2.45) is 22.7 Å². The Labute approximate surface area is 141 Å². The van der Waals surface area contributed by atoms with Gasteiger partial charge in [0.15, 0.2) is 5.76 Å². The molecule has 7 nitrogen and oxygen atoms in total. The summed E-state index contributed by atoms with van der Waals surface area (Å²) in [5, 5.41) is 7.58. The third-order valence-electron chi connectivity index (χ3n) is 4.76. The highest BCUT2D eigenvalue weighted by molar-refractivity contribution is 7.89. The predicted octanol–water partition coefficient (Wildman–Crippen LogP) is 0.985. The molecule has 23 heavy (non-hydrogen) atoms. The molecule has 0 radical (unpaired) electrons. The van der Waals surface area contributed by atoms with Gasteiger partial charge in [-0.1, -0.05) is 6.42 Å². The van der Waals surface area contributed by atoms with Crippen molar-refractivity contribution in [2.75, 3.05) is 0 Å². The Morgan fingerprint density at radius 3 is 2.35 bits per heavy atom. The van der Waals surface area contributed by atoms with Gasteiger partial charge in [-0.15, -0.1) is 12.4 Å². The number of nitrogens with two attached hydrogens (primary N) is 2. The normalized spacial score (nSPS) is 30.3. The van der Waals surface area contributed by atoms with Crippen molar-refractivity contribution in [2.45, 2.75) is 49.3 Å². The van der Waals surface area contributed by atoms with E-state index in [0.717, 1.165) is 25.7 Å². The number of amides is 1. The number of fused-ring (bicyclic) bond motifs is 2. The van der Waals surface area contributed by atoms with Gasteiger partial charge in [-0.05, 0) is 49.7 Å². The zero-order chi connectivity index (χ0) is 15.9. The van der Waals surface area contributed by atoms with E-state index in [1.807, 2.05) is 0 Å². The Kier molecular flexibility index (Phi) is 5.40. The van der Waals surface area contributed by atoms with Crippen molar-refractivity contribution in [3.8, 4) is 0 Å². The molecule has 3 rings (SSSR count). The minimum absolute atomic E-state index is 0. The lowest BCUT2D eigenvalue weighted by molar-refractivity contribution is 0.0728. The van der Waals surface area contributed by atoms with Crippen molar-refractivity contribution >= 4 is 28.3 Å². The van der Waals surface area contributed by atoms with Crippen LogP contribution >= 0.6 is 12.4 Å². The monoisotopic (exact) mass is 363 g/mol. The number of rotatable bonds is 3. The highest BCUT2D eigenvalue weighted by atomic mass is 35.5. The lowest BCUT2D eigenvalue weighted by Crippen LogP contribution is -2.53. The zero-order valence-electron chi connectivity index (χ0n) is 12.6. The first-order valence-corrected chi connectivity index (χ1v) is 9.08. The highest BCUT2D eigenvalue weighted by Gasteiger charge is 2.40. The maximum Gasteiger partial charge on any atom is 0.287 e. The van der Waals surface area contributed by atoms with E-state index < -0.39 is 21.0 Å². The molecule has 2 aliphatic rings. The second-order valence-electron chi connectivity index (χ2n) is 6.35. The Bertz CT molecular complexity index is 661. The molecule has 1 aromatic rings. The van der Waals surface area contributed by atoms with Crippen molar-refractivity contribution in [3.63, 3.8) is 0 Å². The van der Waals surface area contributed by atoms with Gasteiger partial charge in [0.05, 0.1) is 0 Å². The maximum atomic E-state index is 12.3. The molecule has 0 aliphatic heterocycles. The Balaban J connectivity index is 0.00000192. The van der Waals surface area contributed by atoms with Crippen LogP contribution in [0.4, 0.5) is 0 Å². The van der Waals surface area contributed by atoms with Crippen LogP contribution in [0, 0.1) is 11.8 Å². The number of hydrogen-bond acceptors (Lipinski definition) is 5. The van der Waals surface area contributed by atoms with Crippen molar-refractivity contribution in [3.05, 3.63) is 17.9 Å². The van der Waals surface area contributed by atoms with E-state index >= 15 is 0 Å². The summed E-state index contributed by atoms with van der Waals surface area (Å²) in [6.45, 7) is 0. The van der Waals surface area contributed by atoms with Crippen LogP contribution in [-0.4, -0.2) is 26.4 Å². The first-order chi connectivity index (χ1) is 10.3. The molecule has 0 saturated heterocycles. The summed E-state index contributed by atoms with van der Waals surface area (Å²) in [6.07, 6.45) is 5.14. The van der Waals surface area contributed by atoms with Gasteiger partial charge in [-0.25, -0.2) is 13.6 Å². The van der Waals surface area contributed by atoms with Crippen LogP contribution in [-0.2, 0) is 10.0 Å². The Morgan fingerprint density at radius 2 is 1.83 bits per heavy atom. The molecule has 2 fully saturated rings. The summed E-state index contributed by atoms with van der Waals surface area (Å²) in [4.78, 5) is 12.3. The summed E-state index contributed by atoms with van der Waals surface area (Å²) in [5.41, 5.74) is 6.07. The van der Waals surface area contributed by atoms with Crippen molar-refractivity contribution in [1.82, 2.24) is 5.32 Å². The van der Waals surface area contributed by atoms with Gasteiger partial charge in [0, 0.05) is 12.1 Å². The lowest BCUT2D eigenvalue weighted by atomic mass is 9.67. The molecular weight excluding hydrogens is 342 g/mol. The summed E-state index contributed by atoms with van der Waals surface area (Å²) in [5.74, 6) is 0.350. The second kappa shape index (κ2) is 6.80. The van der Waals surface area contributed by atoms with Crippen molar-refractivity contribution in [1.29, 1.82) is 0 Å². The molecule has 0 spiro atoms. The summed E-state index contributed by atoms with van der Waals surface area (Å²) >= 11 is 0. The first kappa shape index (κ1) is 18.3. The maximum absolute atomic E-state index is 12.3. The molecule has 9 heteroatoms. The highest BCUT2D eigenvalue weighted by Crippen LogP contribution is 2.39. The van der Waals surface area contributed by atoms with Gasteiger partial charge in [0.25, 0.3) is 15.9 Å². The molecule has 2 saturated carbocycles. The molecule has 1 aromatic heterocycles. The van der Waals surface area contributed by atoms with Crippen LogP contribution < -0.4 is 16.2 Å². The topological polar surface area (TPSA) is 128 Å². The number of primary sulfonamides is 1. The van der Waals surface area contributed by atoms with Crippen LogP contribution in [0.2, 0.25) is 0 Å². The first-order valence-electron chi connectivity index (χ1n) is 7.53.